The molecule has 0 radical (unpaired) electrons. The summed E-state index contributed by atoms with van der Waals surface area (Å²) < 4.78 is 10.9. The number of hydrogen-bond acceptors (Lipinski definition) is 8. The van der Waals surface area contributed by atoms with Crippen molar-refractivity contribution >= 4 is 17.4 Å². The van der Waals surface area contributed by atoms with E-state index in [1.807, 2.05) is 30.3 Å². The molecule has 0 saturated heterocycles. The van der Waals surface area contributed by atoms with E-state index in [1.54, 1.807) is 13.2 Å². The predicted molar refractivity (Wildman–Crippen MR) is 162 cm³/mol. The summed E-state index contributed by atoms with van der Waals surface area (Å²) in [5, 5.41) is 2.97. The Kier molecular flexibility index (Phi) is 8.70. The molecule has 1 aliphatic heterocycles. The number of para-hydroxylation sites is 1. The largest absolute Gasteiger partial charge is 0.492 e. The molecule has 2 atom stereocenters. The highest BCUT2D eigenvalue weighted by Crippen LogP contribution is 2.45. The summed E-state index contributed by atoms with van der Waals surface area (Å²) in [6, 6.07) is 24.8. The molecule has 0 aromatic heterocycles. The summed E-state index contributed by atoms with van der Waals surface area (Å²) in [5.41, 5.74) is 19.0. The number of carbonyl (C=O) groups is 1. The van der Waals surface area contributed by atoms with E-state index in [0.717, 1.165) is 54.3 Å². The van der Waals surface area contributed by atoms with E-state index in [1.165, 1.54) is 24.4 Å². The standard InChI is InChI=1S/C33H37N5O3/c1-36-19-30(35)27-17-28(27)32(29(18-34)33(39)40-2)37-26-11-6-10-24(16-26)23-9-5-7-22(15-23)20-38-13-14-41-31-12-4-3-8-25(31)21-38/h3-12,15-16,18-19,27-28,36H,13-14,17,20-21,34-35H2,1-2H3/b29-18?,30-19-,37-32?/t27?,28-/m1/s1. The van der Waals surface area contributed by atoms with Gasteiger partial charge in [-0.25, -0.2) is 4.79 Å². The lowest BCUT2D eigenvalue weighted by Crippen LogP contribution is -2.25. The molecule has 1 heterocycles. The second kappa shape index (κ2) is 12.7. The first-order chi connectivity index (χ1) is 20.0. The topological polar surface area (TPSA) is 115 Å². The van der Waals surface area contributed by atoms with Gasteiger partial charge in [0.05, 0.1) is 24.1 Å². The minimum Gasteiger partial charge on any atom is -0.492 e. The molecule has 1 unspecified atom stereocenters. The van der Waals surface area contributed by atoms with Crippen molar-refractivity contribution in [3.05, 3.63) is 108 Å². The molecule has 3 aromatic carbocycles. The zero-order valence-corrected chi connectivity index (χ0v) is 23.5. The highest BCUT2D eigenvalue weighted by molar-refractivity contribution is 6.22. The van der Waals surface area contributed by atoms with Gasteiger partial charge >= 0.3 is 5.97 Å². The van der Waals surface area contributed by atoms with Crippen molar-refractivity contribution in [1.82, 2.24) is 10.2 Å². The summed E-state index contributed by atoms with van der Waals surface area (Å²) in [6.07, 6.45) is 3.83. The van der Waals surface area contributed by atoms with Gasteiger partial charge in [-0.15, -0.1) is 0 Å². The van der Waals surface area contributed by atoms with Crippen molar-refractivity contribution in [3.8, 4) is 16.9 Å². The van der Waals surface area contributed by atoms with Gasteiger partial charge in [-0.1, -0.05) is 48.5 Å². The first-order valence-electron chi connectivity index (χ1n) is 13.8. The van der Waals surface area contributed by atoms with E-state index in [9.17, 15) is 4.79 Å². The Morgan fingerprint density at radius 2 is 1.88 bits per heavy atom. The normalized spacial score (nSPS) is 19.5. The SMILES string of the molecule is CN/C=C(\N)C1C[C@H]1C(=Nc1cccc(-c2cccc(CN3CCOc4ccccc4C3)c2)c1)C(=CN)C(=O)OC. The molecular formula is C33H37N5O3. The number of ether oxygens (including phenoxy) is 2. The first kappa shape index (κ1) is 28.0. The van der Waals surface area contributed by atoms with E-state index in [2.05, 4.69) is 52.7 Å². The van der Waals surface area contributed by atoms with Gasteiger partial charge in [0.2, 0.25) is 0 Å². The van der Waals surface area contributed by atoms with Crippen molar-refractivity contribution in [2.45, 2.75) is 19.5 Å². The average molecular weight is 552 g/mol. The number of hydrogen-bond donors (Lipinski definition) is 3. The van der Waals surface area contributed by atoms with Gasteiger partial charge < -0.3 is 26.3 Å². The van der Waals surface area contributed by atoms with Gasteiger partial charge in [0.1, 0.15) is 12.4 Å². The quantitative estimate of drug-likeness (QED) is 0.204. The van der Waals surface area contributed by atoms with Crippen LogP contribution in [0.3, 0.4) is 0 Å². The van der Waals surface area contributed by atoms with Crippen LogP contribution < -0.4 is 21.5 Å². The van der Waals surface area contributed by atoms with Crippen LogP contribution in [-0.2, 0) is 22.6 Å². The maximum absolute atomic E-state index is 12.6. The van der Waals surface area contributed by atoms with E-state index >= 15 is 0 Å². The van der Waals surface area contributed by atoms with E-state index in [0.29, 0.717) is 12.3 Å². The van der Waals surface area contributed by atoms with Crippen molar-refractivity contribution in [3.63, 3.8) is 0 Å². The summed E-state index contributed by atoms with van der Waals surface area (Å²) >= 11 is 0. The second-order valence-corrected chi connectivity index (χ2v) is 10.4. The van der Waals surface area contributed by atoms with Gasteiger partial charge in [0.15, 0.2) is 0 Å². The Hall–Kier alpha value is -4.56. The molecule has 2 aliphatic rings. The van der Waals surface area contributed by atoms with Gasteiger partial charge in [0, 0.05) is 62.2 Å². The molecular weight excluding hydrogens is 514 g/mol. The number of allylic oxidation sites excluding steroid dienone is 1. The Balaban J connectivity index is 1.40. The van der Waals surface area contributed by atoms with Crippen LogP contribution in [0.4, 0.5) is 5.69 Å². The Morgan fingerprint density at radius 1 is 1.10 bits per heavy atom. The smallest absolute Gasteiger partial charge is 0.341 e. The molecule has 3 aromatic rings. The number of methoxy groups -OCH3 is 1. The fourth-order valence-corrected chi connectivity index (χ4v) is 5.37. The van der Waals surface area contributed by atoms with Gasteiger partial charge in [-0.05, 0) is 47.4 Å². The lowest BCUT2D eigenvalue weighted by atomic mass is 10.0. The number of aliphatic imine (C=N–C) groups is 1. The molecule has 8 nitrogen and oxygen atoms in total. The van der Waals surface area contributed by atoms with Gasteiger partial charge in [-0.2, -0.15) is 0 Å². The van der Waals surface area contributed by atoms with Gasteiger partial charge in [-0.3, -0.25) is 9.89 Å². The Bertz CT molecular complexity index is 1500. The van der Waals surface area contributed by atoms with Crippen molar-refractivity contribution < 1.29 is 14.3 Å². The average Bonchev–Trinajstić information content (AvgIpc) is 3.81. The summed E-state index contributed by atoms with van der Waals surface area (Å²) in [5.74, 6) is 0.511. The van der Waals surface area contributed by atoms with Crippen LogP contribution in [0.1, 0.15) is 17.5 Å². The molecule has 1 saturated carbocycles. The van der Waals surface area contributed by atoms with Crippen LogP contribution in [0.25, 0.3) is 11.1 Å². The van der Waals surface area contributed by atoms with E-state index in [4.69, 9.17) is 25.9 Å². The van der Waals surface area contributed by atoms with Crippen LogP contribution >= 0.6 is 0 Å². The highest BCUT2D eigenvalue weighted by Gasteiger charge is 2.45. The number of fused-ring (bicyclic) bond motifs is 1. The molecule has 1 aliphatic carbocycles. The molecule has 0 bridgehead atoms. The zero-order chi connectivity index (χ0) is 28.8. The number of nitrogens with two attached hydrogens (primary N) is 2. The number of nitrogens with zero attached hydrogens (tertiary/aromatic N) is 2. The molecule has 0 spiro atoms. The van der Waals surface area contributed by atoms with Crippen molar-refractivity contribution in [1.29, 1.82) is 0 Å². The lowest BCUT2D eigenvalue weighted by molar-refractivity contribution is -0.135. The van der Waals surface area contributed by atoms with Gasteiger partial charge in [0.25, 0.3) is 0 Å². The highest BCUT2D eigenvalue weighted by atomic mass is 16.5. The van der Waals surface area contributed by atoms with Crippen LogP contribution in [-0.4, -0.2) is 43.9 Å². The first-order valence-corrected chi connectivity index (χ1v) is 13.8. The minimum atomic E-state index is -0.515. The lowest BCUT2D eigenvalue weighted by Gasteiger charge is -2.20. The molecule has 8 heteroatoms. The number of rotatable bonds is 9. The van der Waals surface area contributed by atoms with Crippen molar-refractivity contribution in [2.24, 2.45) is 28.3 Å². The molecule has 5 N–H and O–H groups in total. The van der Waals surface area contributed by atoms with Crippen molar-refractivity contribution in [2.75, 3.05) is 27.3 Å². The maximum atomic E-state index is 12.6. The third kappa shape index (κ3) is 6.61. The minimum absolute atomic E-state index is 0.0248. The number of nitrogens with one attached hydrogen (secondary N) is 1. The monoisotopic (exact) mass is 551 g/mol. The number of carbonyl (C=O) groups excluding carboxylic acids is 1. The summed E-state index contributed by atoms with van der Waals surface area (Å²) in [7, 11) is 3.15. The van der Waals surface area contributed by atoms with Crippen LogP contribution in [0, 0.1) is 11.8 Å². The van der Waals surface area contributed by atoms with Crippen LogP contribution in [0.2, 0.25) is 0 Å². The molecule has 0 amide bonds. The molecule has 5 rings (SSSR count). The molecule has 41 heavy (non-hydrogen) atoms. The third-order valence-corrected chi connectivity index (χ3v) is 7.52. The van der Waals surface area contributed by atoms with Crippen LogP contribution in [0.5, 0.6) is 5.75 Å². The molecule has 212 valence electrons. The van der Waals surface area contributed by atoms with E-state index < -0.39 is 5.97 Å². The third-order valence-electron chi connectivity index (χ3n) is 7.52. The van der Waals surface area contributed by atoms with E-state index in [-0.39, 0.29) is 17.4 Å². The predicted octanol–water partition coefficient (Wildman–Crippen LogP) is 4.49. The fourth-order valence-electron chi connectivity index (χ4n) is 5.37. The Morgan fingerprint density at radius 3 is 2.66 bits per heavy atom. The number of esters is 1. The van der Waals surface area contributed by atoms with Crippen LogP contribution in [0.15, 0.2) is 101 Å². The molecule has 1 fully saturated rings. The number of benzene rings is 3. The zero-order valence-electron chi connectivity index (χ0n) is 23.5. The summed E-state index contributed by atoms with van der Waals surface area (Å²) in [4.78, 5) is 19.9. The second-order valence-electron chi connectivity index (χ2n) is 10.4. The maximum Gasteiger partial charge on any atom is 0.341 e. The Labute approximate surface area is 241 Å². The fraction of sp³-hybridized carbons (Fsp3) is 0.273. The summed E-state index contributed by atoms with van der Waals surface area (Å²) in [6.45, 7) is 3.20.